The highest BCUT2D eigenvalue weighted by atomic mass is 16.5. The largest absolute Gasteiger partial charge is 0.392 e. The van der Waals surface area contributed by atoms with Gasteiger partial charge in [-0.25, -0.2) is 0 Å². The summed E-state index contributed by atoms with van der Waals surface area (Å²) in [7, 11) is 0. The topological polar surface area (TPSA) is 75.4 Å². The van der Waals surface area contributed by atoms with Gasteiger partial charge in [0.15, 0.2) is 0 Å². The van der Waals surface area contributed by atoms with Gasteiger partial charge in [0, 0.05) is 17.7 Å². The lowest BCUT2D eigenvalue weighted by Gasteiger charge is -2.11. The molecule has 124 valence electrons. The number of aliphatic hydroxyl groups excluding tert-OH is 1. The quantitative estimate of drug-likeness (QED) is 0.852. The van der Waals surface area contributed by atoms with Crippen molar-refractivity contribution in [3.05, 3.63) is 47.3 Å². The second kappa shape index (κ2) is 7.42. The van der Waals surface area contributed by atoms with Gasteiger partial charge in [-0.2, -0.15) is 0 Å². The molecular weight excluding hydrogens is 292 g/mol. The maximum atomic E-state index is 12.3. The first kappa shape index (κ1) is 17.2. The van der Waals surface area contributed by atoms with E-state index in [4.69, 9.17) is 9.63 Å². The normalized spacial score (nSPS) is 13.8. The standard InChI is InChI=1S/C18H24N2O3/c1-11(2)12(3)16-9-17(23-20-16)13(4)18(22)19-15-7-5-14(10-21)6-8-15/h5-9,11-13,21H,10H2,1-4H3,(H,19,22)/t12-,13+/m0/s1. The number of rotatable bonds is 6. The molecule has 0 fully saturated rings. The number of hydrogen-bond acceptors (Lipinski definition) is 4. The van der Waals surface area contributed by atoms with Gasteiger partial charge in [-0.3, -0.25) is 4.79 Å². The Morgan fingerprint density at radius 2 is 1.87 bits per heavy atom. The predicted molar refractivity (Wildman–Crippen MR) is 89.2 cm³/mol. The molecular formula is C18H24N2O3. The van der Waals surface area contributed by atoms with Crippen LogP contribution in [0.2, 0.25) is 0 Å². The molecule has 1 amide bonds. The van der Waals surface area contributed by atoms with Crippen molar-refractivity contribution < 1.29 is 14.4 Å². The first-order valence-electron chi connectivity index (χ1n) is 7.89. The van der Waals surface area contributed by atoms with Crippen molar-refractivity contribution in [2.45, 2.75) is 46.1 Å². The third-order valence-electron chi connectivity index (χ3n) is 4.24. The van der Waals surface area contributed by atoms with Crippen LogP contribution in [0, 0.1) is 5.92 Å². The number of hydrogen-bond donors (Lipinski definition) is 2. The minimum absolute atomic E-state index is 0.0144. The third-order valence-corrected chi connectivity index (χ3v) is 4.24. The zero-order valence-corrected chi connectivity index (χ0v) is 14.0. The molecule has 2 atom stereocenters. The van der Waals surface area contributed by atoms with Crippen LogP contribution in [-0.4, -0.2) is 16.2 Å². The molecule has 2 N–H and O–H groups in total. The van der Waals surface area contributed by atoms with E-state index in [-0.39, 0.29) is 18.4 Å². The SMILES string of the molecule is CC(C)[C@H](C)c1cc([C@@H](C)C(=O)Nc2ccc(CO)cc2)on1. The molecule has 0 unspecified atom stereocenters. The molecule has 5 heteroatoms. The summed E-state index contributed by atoms with van der Waals surface area (Å²) in [6.45, 7) is 8.14. The van der Waals surface area contributed by atoms with E-state index >= 15 is 0 Å². The molecule has 5 nitrogen and oxygen atoms in total. The number of carbonyl (C=O) groups is 1. The Morgan fingerprint density at radius 3 is 2.43 bits per heavy atom. The zero-order valence-electron chi connectivity index (χ0n) is 14.0. The number of aliphatic hydroxyl groups is 1. The first-order valence-corrected chi connectivity index (χ1v) is 7.89. The molecule has 1 heterocycles. The van der Waals surface area contributed by atoms with Crippen LogP contribution in [0.25, 0.3) is 0 Å². The van der Waals surface area contributed by atoms with E-state index in [0.717, 1.165) is 11.3 Å². The van der Waals surface area contributed by atoms with Crippen LogP contribution in [0.4, 0.5) is 5.69 Å². The maximum absolute atomic E-state index is 12.3. The second-order valence-electron chi connectivity index (χ2n) is 6.25. The third kappa shape index (κ3) is 4.20. The highest BCUT2D eigenvalue weighted by molar-refractivity contribution is 5.95. The number of aromatic nitrogens is 1. The van der Waals surface area contributed by atoms with Crippen LogP contribution < -0.4 is 5.32 Å². The fraction of sp³-hybridized carbons (Fsp3) is 0.444. The van der Waals surface area contributed by atoms with Crippen LogP contribution in [0.15, 0.2) is 34.9 Å². The van der Waals surface area contributed by atoms with Crippen LogP contribution in [0.3, 0.4) is 0 Å². The summed E-state index contributed by atoms with van der Waals surface area (Å²) in [4.78, 5) is 12.3. The lowest BCUT2D eigenvalue weighted by atomic mass is 9.94. The van der Waals surface area contributed by atoms with E-state index < -0.39 is 5.92 Å². The molecule has 0 spiro atoms. The smallest absolute Gasteiger partial charge is 0.234 e. The van der Waals surface area contributed by atoms with Gasteiger partial charge < -0.3 is 14.9 Å². The molecule has 0 saturated heterocycles. The van der Waals surface area contributed by atoms with Crippen molar-refractivity contribution >= 4 is 11.6 Å². The van der Waals surface area contributed by atoms with Crippen molar-refractivity contribution in [3.63, 3.8) is 0 Å². The lowest BCUT2D eigenvalue weighted by Crippen LogP contribution is -2.18. The van der Waals surface area contributed by atoms with Crippen molar-refractivity contribution in [3.8, 4) is 0 Å². The number of carbonyl (C=O) groups excluding carboxylic acids is 1. The highest BCUT2D eigenvalue weighted by Gasteiger charge is 2.22. The van der Waals surface area contributed by atoms with Gasteiger partial charge >= 0.3 is 0 Å². The molecule has 23 heavy (non-hydrogen) atoms. The van der Waals surface area contributed by atoms with Crippen LogP contribution >= 0.6 is 0 Å². The van der Waals surface area contributed by atoms with Crippen molar-refractivity contribution in [2.75, 3.05) is 5.32 Å². The molecule has 2 aromatic rings. The van der Waals surface area contributed by atoms with E-state index in [1.54, 1.807) is 31.2 Å². The fourth-order valence-corrected chi connectivity index (χ4v) is 2.14. The van der Waals surface area contributed by atoms with Crippen molar-refractivity contribution in [1.29, 1.82) is 0 Å². The first-order chi connectivity index (χ1) is 10.9. The van der Waals surface area contributed by atoms with E-state index in [1.165, 1.54) is 0 Å². The van der Waals surface area contributed by atoms with Gasteiger partial charge in [0.1, 0.15) is 5.76 Å². The summed E-state index contributed by atoms with van der Waals surface area (Å²) in [5.41, 5.74) is 2.37. The summed E-state index contributed by atoms with van der Waals surface area (Å²) < 4.78 is 5.35. The van der Waals surface area contributed by atoms with Gasteiger partial charge in [0.2, 0.25) is 5.91 Å². The summed E-state index contributed by atoms with van der Waals surface area (Å²) >= 11 is 0. The Morgan fingerprint density at radius 1 is 1.22 bits per heavy atom. The minimum atomic E-state index is -0.423. The van der Waals surface area contributed by atoms with E-state index in [1.807, 2.05) is 6.07 Å². The number of nitrogens with one attached hydrogen (secondary N) is 1. The van der Waals surface area contributed by atoms with Gasteiger partial charge in [0.25, 0.3) is 0 Å². The Balaban J connectivity index is 2.04. The zero-order chi connectivity index (χ0) is 17.0. The Kier molecular flexibility index (Phi) is 5.55. The number of amides is 1. The van der Waals surface area contributed by atoms with Gasteiger partial charge in [0.05, 0.1) is 18.2 Å². The number of nitrogens with zero attached hydrogens (tertiary/aromatic N) is 1. The van der Waals surface area contributed by atoms with Crippen LogP contribution in [-0.2, 0) is 11.4 Å². The lowest BCUT2D eigenvalue weighted by molar-refractivity contribution is -0.117. The average Bonchev–Trinajstić information content (AvgIpc) is 3.03. The molecule has 0 aliphatic rings. The van der Waals surface area contributed by atoms with E-state index in [0.29, 0.717) is 17.4 Å². The van der Waals surface area contributed by atoms with Crippen LogP contribution in [0.1, 0.15) is 56.5 Å². The molecule has 1 aromatic carbocycles. The number of anilines is 1. The summed E-state index contributed by atoms with van der Waals surface area (Å²) in [5.74, 6) is 0.739. The summed E-state index contributed by atoms with van der Waals surface area (Å²) in [6.07, 6.45) is 0. The van der Waals surface area contributed by atoms with E-state index in [9.17, 15) is 4.79 Å². The highest BCUT2D eigenvalue weighted by Crippen LogP contribution is 2.26. The Bertz CT molecular complexity index is 647. The Hall–Kier alpha value is -2.14. The second-order valence-corrected chi connectivity index (χ2v) is 6.25. The van der Waals surface area contributed by atoms with Crippen molar-refractivity contribution in [1.82, 2.24) is 5.16 Å². The molecule has 0 aliphatic heterocycles. The average molecular weight is 316 g/mol. The van der Waals surface area contributed by atoms with Gasteiger partial charge in [-0.15, -0.1) is 0 Å². The Labute approximate surface area is 136 Å². The predicted octanol–water partition coefficient (Wildman–Crippen LogP) is 3.67. The molecule has 0 saturated carbocycles. The minimum Gasteiger partial charge on any atom is -0.392 e. The molecule has 0 radical (unpaired) electrons. The maximum Gasteiger partial charge on any atom is 0.234 e. The number of benzene rings is 1. The van der Waals surface area contributed by atoms with Gasteiger partial charge in [-0.1, -0.05) is 38.1 Å². The molecule has 2 rings (SSSR count). The fourth-order valence-electron chi connectivity index (χ4n) is 2.14. The summed E-state index contributed by atoms with van der Waals surface area (Å²) in [6, 6.07) is 8.95. The monoisotopic (exact) mass is 316 g/mol. The molecule has 0 bridgehead atoms. The van der Waals surface area contributed by atoms with Crippen LogP contribution in [0.5, 0.6) is 0 Å². The molecule has 1 aromatic heterocycles. The summed E-state index contributed by atoms with van der Waals surface area (Å²) in [5, 5.41) is 16.0. The van der Waals surface area contributed by atoms with E-state index in [2.05, 4.69) is 31.2 Å². The van der Waals surface area contributed by atoms with Gasteiger partial charge in [-0.05, 0) is 30.5 Å². The van der Waals surface area contributed by atoms with Crippen molar-refractivity contribution in [2.24, 2.45) is 5.92 Å². The molecule has 0 aliphatic carbocycles.